The summed E-state index contributed by atoms with van der Waals surface area (Å²) in [6.45, 7) is 11.7. The summed E-state index contributed by atoms with van der Waals surface area (Å²) in [4.78, 5) is 0. The molecular formula is C13H22Cl2I2NO4+. The van der Waals surface area contributed by atoms with Gasteiger partial charge in [0.2, 0.25) is 0 Å². The Morgan fingerprint density at radius 1 is 0.818 bits per heavy atom. The fourth-order valence-electron chi connectivity index (χ4n) is 1.98. The van der Waals surface area contributed by atoms with E-state index in [0.717, 1.165) is 0 Å². The van der Waals surface area contributed by atoms with Crippen molar-refractivity contribution in [2.75, 3.05) is 19.6 Å². The van der Waals surface area contributed by atoms with E-state index in [-0.39, 0.29) is 0 Å². The Labute approximate surface area is 153 Å². The smallest absolute Gasteiger partial charge is 0.321 e. The summed E-state index contributed by atoms with van der Waals surface area (Å²) in [5.41, 5.74) is 1.46. The van der Waals surface area contributed by atoms with Crippen molar-refractivity contribution in [2.45, 2.75) is 27.3 Å². The molecule has 0 fully saturated rings. The molecule has 0 atom stereocenters. The van der Waals surface area contributed by atoms with E-state index in [1.54, 1.807) is 0 Å². The fraction of sp³-hybridized carbons (Fsp3) is 0.538. The summed E-state index contributed by atoms with van der Waals surface area (Å²) in [7, 11) is 8.64. The molecule has 0 radical (unpaired) electrons. The highest BCUT2D eigenvalue weighted by Crippen LogP contribution is 2.13. The maximum Gasteiger partial charge on any atom is 0.409 e. The van der Waals surface area contributed by atoms with Crippen LogP contribution in [0.1, 0.15) is 26.3 Å². The monoisotopic (exact) mass is 580 g/mol. The van der Waals surface area contributed by atoms with Crippen molar-refractivity contribution in [3.05, 3.63) is 35.9 Å². The van der Waals surface area contributed by atoms with Gasteiger partial charge in [-0.1, -0.05) is 30.3 Å². The second-order valence-corrected chi connectivity index (χ2v) is 9.47. The molecule has 0 unspecified atom stereocenters. The van der Waals surface area contributed by atoms with Crippen molar-refractivity contribution in [1.82, 2.24) is 0 Å². The largest absolute Gasteiger partial charge is 0.409 e. The third-order valence-corrected chi connectivity index (χ3v) is 3.37. The number of halogens is 4. The molecule has 5 nitrogen and oxygen atoms in total. The van der Waals surface area contributed by atoms with Gasteiger partial charge in [-0.2, -0.15) is 0 Å². The summed E-state index contributed by atoms with van der Waals surface area (Å²) < 4.78 is 36.8. The normalized spacial score (nSPS) is 10.5. The highest BCUT2D eigenvalue weighted by atomic mass is 127. The van der Waals surface area contributed by atoms with Gasteiger partial charge >= 0.3 is 37.3 Å². The van der Waals surface area contributed by atoms with Crippen LogP contribution in [0.25, 0.3) is 0 Å². The number of quaternary nitrogens is 1. The Morgan fingerprint density at radius 3 is 1.41 bits per heavy atom. The molecule has 9 heteroatoms. The Kier molecular flexibility index (Phi) is 16.8. The maximum atomic E-state index is 8.89. The van der Waals surface area contributed by atoms with Crippen molar-refractivity contribution < 1.29 is 16.8 Å². The van der Waals surface area contributed by atoms with Crippen LogP contribution in [0.2, 0.25) is 0 Å². The summed E-state index contributed by atoms with van der Waals surface area (Å²) >= 11 is -6.58. The lowest BCUT2D eigenvalue weighted by Gasteiger charge is -2.35. The molecule has 130 valence electrons. The van der Waals surface area contributed by atoms with E-state index in [0.29, 0.717) is 0 Å². The predicted molar refractivity (Wildman–Crippen MR) is 105 cm³/mol. The van der Waals surface area contributed by atoms with Crippen LogP contribution < -0.4 is 0 Å². The van der Waals surface area contributed by atoms with Gasteiger partial charge in [0.1, 0.15) is 6.54 Å². The quantitative estimate of drug-likeness (QED) is 0.329. The number of rotatable bonds is 5. The van der Waals surface area contributed by atoms with E-state index in [4.69, 9.17) is 12.3 Å². The van der Waals surface area contributed by atoms with Crippen LogP contribution in [0.15, 0.2) is 30.3 Å². The Bertz CT molecular complexity index is 486. The average molecular weight is 581 g/mol. The minimum Gasteiger partial charge on any atom is -0.321 e. The third-order valence-electron chi connectivity index (χ3n) is 3.37. The van der Waals surface area contributed by atoms with Crippen molar-refractivity contribution in [2.24, 2.45) is 0 Å². The second kappa shape index (κ2) is 15.0. The number of hydrogen-bond acceptors (Lipinski definition) is 4. The Morgan fingerprint density at radius 2 is 1.14 bits per heavy atom. The summed E-state index contributed by atoms with van der Waals surface area (Å²) in [6, 6.07) is 10.8. The lowest BCUT2D eigenvalue weighted by Crippen LogP contribution is -2.46. The number of benzene rings is 1. The van der Waals surface area contributed by atoms with E-state index in [9.17, 15) is 0 Å². The third kappa shape index (κ3) is 15.3. The highest BCUT2D eigenvalue weighted by Gasteiger charge is 2.20. The maximum absolute atomic E-state index is 8.89. The molecule has 0 aromatic heterocycles. The van der Waals surface area contributed by atoms with E-state index in [2.05, 4.69) is 68.9 Å². The lowest BCUT2D eigenvalue weighted by atomic mass is 10.2. The van der Waals surface area contributed by atoms with Crippen LogP contribution in [-0.4, -0.2) is 24.1 Å². The minimum atomic E-state index is -3.29. The minimum absolute atomic E-state index is 1.17. The Hall–Kier alpha value is 0.420. The molecule has 1 aromatic rings. The summed E-state index contributed by atoms with van der Waals surface area (Å²) in [5, 5.41) is 0. The van der Waals surface area contributed by atoms with Gasteiger partial charge in [-0.15, -0.1) is 0 Å². The SMILES string of the molecule is CC[N+](CC)(CC)Cc1ccccc1.O=I(=O)Cl.O=I(=O)Cl. The molecule has 0 amide bonds. The molecule has 0 N–H and O–H groups in total. The van der Waals surface area contributed by atoms with Crippen LogP contribution in [0.3, 0.4) is 0 Å². The first-order valence-electron chi connectivity index (χ1n) is 6.55. The van der Waals surface area contributed by atoms with Gasteiger partial charge in [0.15, 0.2) is 0 Å². The zero-order chi connectivity index (χ0) is 17.6. The Balaban J connectivity index is 0. The van der Waals surface area contributed by atoms with Crippen molar-refractivity contribution >= 4 is 55.1 Å². The molecule has 0 heterocycles. The molecule has 0 aliphatic carbocycles. The van der Waals surface area contributed by atoms with Crippen LogP contribution in [0, 0.1) is 0 Å². The molecule has 0 bridgehead atoms. The number of nitrogens with zero attached hydrogens (tertiary/aromatic N) is 1. The van der Waals surface area contributed by atoms with E-state index >= 15 is 0 Å². The molecule has 0 saturated carbocycles. The van der Waals surface area contributed by atoms with Crippen LogP contribution in [-0.2, 0) is 18.8 Å². The van der Waals surface area contributed by atoms with Crippen molar-refractivity contribution in [1.29, 1.82) is 0 Å². The molecule has 0 aliphatic rings. The summed E-state index contributed by atoms with van der Waals surface area (Å²) in [5.74, 6) is 0. The average Bonchev–Trinajstić information content (AvgIpc) is 2.45. The zero-order valence-electron chi connectivity index (χ0n) is 12.8. The van der Waals surface area contributed by atoms with Gasteiger partial charge in [0.25, 0.3) is 0 Å². The van der Waals surface area contributed by atoms with Gasteiger partial charge in [0, 0.05) is 23.4 Å². The first-order chi connectivity index (χ1) is 10.2. The summed E-state index contributed by atoms with van der Waals surface area (Å²) in [6.07, 6.45) is 0. The molecule has 22 heavy (non-hydrogen) atoms. The van der Waals surface area contributed by atoms with Crippen LogP contribution in [0.4, 0.5) is 0 Å². The first-order valence-corrected chi connectivity index (χ1v) is 15.5. The fourth-order valence-corrected chi connectivity index (χ4v) is 1.98. The van der Waals surface area contributed by atoms with Gasteiger partial charge in [0.05, 0.1) is 19.6 Å². The second-order valence-electron chi connectivity index (χ2n) is 4.29. The van der Waals surface area contributed by atoms with Crippen LogP contribution in [0.5, 0.6) is 0 Å². The van der Waals surface area contributed by atoms with Gasteiger partial charge in [-0.25, -0.2) is 12.3 Å². The van der Waals surface area contributed by atoms with Gasteiger partial charge in [-0.05, 0) is 20.8 Å². The molecular weight excluding hydrogens is 559 g/mol. The van der Waals surface area contributed by atoms with Crippen LogP contribution >= 0.6 is 55.1 Å². The zero-order valence-corrected chi connectivity index (χ0v) is 18.6. The van der Waals surface area contributed by atoms with E-state index in [1.165, 1.54) is 36.2 Å². The number of hydrogen-bond donors (Lipinski definition) is 0. The standard InChI is InChI=1S/C13H22N.2ClIO2/c1-4-14(5-2,6-3)12-13-10-8-7-9-11-13;2*1-2(3)4/h7-11H,4-6,12H2,1-3H3;;/q+1;;. The van der Waals surface area contributed by atoms with Crippen molar-refractivity contribution in [3.8, 4) is 0 Å². The van der Waals surface area contributed by atoms with E-state index in [1.807, 2.05) is 0 Å². The van der Waals surface area contributed by atoms with Gasteiger partial charge in [-0.3, -0.25) is 0 Å². The molecule has 0 spiro atoms. The molecule has 1 rings (SSSR count). The first kappa shape index (κ1) is 24.7. The van der Waals surface area contributed by atoms with Gasteiger partial charge < -0.3 is 4.48 Å². The molecule has 1 aromatic carbocycles. The molecule has 0 aliphatic heterocycles. The highest BCUT2D eigenvalue weighted by molar-refractivity contribution is 14.2. The molecule has 0 saturated heterocycles. The van der Waals surface area contributed by atoms with E-state index < -0.39 is 37.3 Å². The van der Waals surface area contributed by atoms with Crippen molar-refractivity contribution in [3.63, 3.8) is 0 Å². The topological polar surface area (TPSA) is 68.3 Å². The predicted octanol–water partition coefficient (Wildman–Crippen LogP) is 5.74. The lowest BCUT2D eigenvalue weighted by molar-refractivity contribution is -0.936.